The first-order chi connectivity index (χ1) is 10.4. The van der Waals surface area contributed by atoms with Crippen LogP contribution in [0.2, 0.25) is 0 Å². The van der Waals surface area contributed by atoms with E-state index < -0.39 is 34.3 Å². The van der Waals surface area contributed by atoms with E-state index in [0.29, 0.717) is 12.1 Å². The first-order valence-corrected chi connectivity index (χ1v) is 7.42. The maximum Gasteiger partial charge on any atom is 0.412 e. The summed E-state index contributed by atoms with van der Waals surface area (Å²) in [6, 6.07) is 3.93. The second-order valence-electron chi connectivity index (χ2n) is 7.59. The van der Waals surface area contributed by atoms with Crippen molar-refractivity contribution in [3.8, 4) is 0 Å². The number of hydrogen-bond donors (Lipinski definition) is 2. The summed E-state index contributed by atoms with van der Waals surface area (Å²) in [5.41, 5.74) is -2.07. The van der Waals surface area contributed by atoms with Crippen LogP contribution in [-0.4, -0.2) is 22.8 Å². The van der Waals surface area contributed by atoms with E-state index in [4.69, 9.17) is 4.74 Å². The van der Waals surface area contributed by atoms with Gasteiger partial charge >= 0.3 is 12.1 Å². The Hall–Kier alpha value is -2.11. The largest absolute Gasteiger partial charge is 0.481 e. The Morgan fingerprint density at radius 1 is 1.30 bits per heavy atom. The van der Waals surface area contributed by atoms with Gasteiger partial charge in [0.05, 0.1) is 0 Å². The van der Waals surface area contributed by atoms with Gasteiger partial charge in [0.1, 0.15) is 16.8 Å². The molecule has 6 heteroatoms. The average Bonchev–Trinajstić information content (AvgIpc) is 2.94. The average molecular weight is 323 g/mol. The van der Waals surface area contributed by atoms with E-state index in [0.717, 1.165) is 0 Å². The Bertz CT molecular complexity index is 663. The quantitative estimate of drug-likeness (QED) is 0.884. The summed E-state index contributed by atoms with van der Waals surface area (Å²) in [6.45, 7) is 8.77. The Kier molecular flexibility index (Phi) is 3.91. The molecule has 23 heavy (non-hydrogen) atoms. The van der Waals surface area contributed by atoms with Crippen LogP contribution in [-0.2, 0) is 14.9 Å². The van der Waals surface area contributed by atoms with E-state index in [1.807, 2.05) is 0 Å². The smallest absolute Gasteiger partial charge is 0.412 e. The number of benzene rings is 1. The van der Waals surface area contributed by atoms with Gasteiger partial charge < -0.3 is 9.84 Å². The van der Waals surface area contributed by atoms with Gasteiger partial charge in [-0.25, -0.2) is 9.18 Å². The predicted molar refractivity (Wildman–Crippen MR) is 84.0 cm³/mol. The van der Waals surface area contributed by atoms with Gasteiger partial charge in [-0.3, -0.25) is 10.1 Å². The Morgan fingerprint density at radius 2 is 1.87 bits per heavy atom. The minimum absolute atomic E-state index is 0.0866. The van der Waals surface area contributed by atoms with Gasteiger partial charge in [-0.2, -0.15) is 0 Å². The molecule has 2 rings (SSSR count). The molecule has 0 radical (unpaired) electrons. The minimum atomic E-state index is -1.26. The van der Waals surface area contributed by atoms with Gasteiger partial charge in [-0.05, 0) is 50.8 Å². The number of carboxylic acids is 1. The van der Waals surface area contributed by atoms with E-state index in [2.05, 4.69) is 5.32 Å². The van der Waals surface area contributed by atoms with Crippen molar-refractivity contribution in [3.63, 3.8) is 0 Å². The van der Waals surface area contributed by atoms with E-state index in [1.165, 1.54) is 18.2 Å². The topological polar surface area (TPSA) is 75.6 Å². The predicted octanol–water partition coefficient (Wildman–Crippen LogP) is 3.93. The Labute approximate surface area is 134 Å². The Balaban J connectivity index is 2.31. The molecule has 5 nitrogen and oxygen atoms in total. The van der Waals surface area contributed by atoms with Crippen LogP contribution in [0.5, 0.6) is 0 Å². The number of ether oxygens (including phenoxy) is 1. The van der Waals surface area contributed by atoms with Crippen molar-refractivity contribution in [2.24, 2.45) is 5.41 Å². The van der Waals surface area contributed by atoms with Gasteiger partial charge in [0.2, 0.25) is 0 Å². The summed E-state index contributed by atoms with van der Waals surface area (Å²) in [4.78, 5) is 23.5. The second-order valence-corrected chi connectivity index (χ2v) is 7.59. The highest BCUT2D eigenvalue weighted by atomic mass is 19.1. The lowest BCUT2D eigenvalue weighted by atomic mass is 9.87. The fourth-order valence-electron chi connectivity index (χ4n) is 2.91. The number of halogens is 1. The van der Waals surface area contributed by atoms with E-state index >= 15 is 0 Å². The SMILES string of the molecule is CC(C)(C)OC(=O)Nc1ccc(F)c(C2(C(=O)O)CC2(C)C)c1. The highest BCUT2D eigenvalue weighted by Gasteiger charge is 2.68. The molecular weight excluding hydrogens is 301 g/mol. The first kappa shape index (κ1) is 17.2. The highest BCUT2D eigenvalue weighted by molar-refractivity contribution is 5.89. The van der Waals surface area contributed by atoms with Gasteiger partial charge in [-0.15, -0.1) is 0 Å². The molecular formula is C17H22FNO4. The molecule has 1 amide bonds. The van der Waals surface area contributed by atoms with Crippen LogP contribution in [0.15, 0.2) is 18.2 Å². The fraction of sp³-hybridized carbons (Fsp3) is 0.529. The summed E-state index contributed by atoms with van der Waals surface area (Å²) in [5, 5.41) is 12.1. The summed E-state index contributed by atoms with van der Waals surface area (Å²) < 4.78 is 19.4. The number of amides is 1. The lowest BCUT2D eigenvalue weighted by Gasteiger charge is -2.21. The van der Waals surface area contributed by atoms with Crippen molar-refractivity contribution in [2.75, 3.05) is 5.32 Å². The van der Waals surface area contributed by atoms with Gasteiger partial charge in [0.15, 0.2) is 0 Å². The van der Waals surface area contributed by atoms with Gasteiger partial charge in [0.25, 0.3) is 0 Å². The number of rotatable bonds is 3. The second kappa shape index (κ2) is 5.22. The number of carbonyl (C=O) groups is 2. The molecule has 0 heterocycles. The van der Waals surface area contributed by atoms with Gasteiger partial charge in [-0.1, -0.05) is 13.8 Å². The van der Waals surface area contributed by atoms with Crippen LogP contribution in [0.25, 0.3) is 0 Å². The molecule has 1 aliphatic rings. The van der Waals surface area contributed by atoms with Crippen LogP contribution in [0, 0.1) is 11.2 Å². The molecule has 1 unspecified atom stereocenters. The molecule has 0 bridgehead atoms. The number of aliphatic carboxylic acids is 1. The van der Waals surface area contributed by atoms with Crippen molar-refractivity contribution in [1.82, 2.24) is 0 Å². The van der Waals surface area contributed by atoms with Crippen LogP contribution in [0.4, 0.5) is 14.9 Å². The molecule has 1 aromatic rings. The van der Waals surface area contributed by atoms with Crippen molar-refractivity contribution >= 4 is 17.7 Å². The number of nitrogens with one attached hydrogen (secondary N) is 1. The van der Waals surface area contributed by atoms with Crippen LogP contribution in [0.1, 0.15) is 46.6 Å². The summed E-state index contributed by atoms with van der Waals surface area (Å²) >= 11 is 0. The van der Waals surface area contributed by atoms with E-state index in [-0.39, 0.29) is 5.56 Å². The maximum absolute atomic E-state index is 14.2. The molecule has 0 saturated heterocycles. The molecule has 1 atom stereocenters. The number of hydrogen-bond acceptors (Lipinski definition) is 3. The third kappa shape index (κ3) is 3.16. The number of anilines is 1. The molecule has 126 valence electrons. The lowest BCUT2D eigenvalue weighted by molar-refractivity contribution is -0.141. The zero-order valence-corrected chi connectivity index (χ0v) is 14.0. The summed E-state index contributed by atoms with van der Waals surface area (Å²) in [6.07, 6.45) is -0.322. The van der Waals surface area contributed by atoms with Crippen LogP contribution < -0.4 is 5.32 Å². The van der Waals surface area contributed by atoms with Gasteiger partial charge in [0, 0.05) is 11.3 Å². The highest BCUT2D eigenvalue weighted by Crippen LogP contribution is 2.65. The van der Waals surface area contributed by atoms with Crippen molar-refractivity contribution in [3.05, 3.63) is 29.6 Å². The van der Waals surface area contributed by atoms with Crippen molar-refractivity contribution in [2.45, 2.75) is 52.1 Å². The monoisotopic (exact) mass is 323 g/mol. The summed E-state index contributed by atoms with van der Waals surface area (Å²) in [7, 11) is 0. The molecule has 1 saturated carbocycles. The molecule has 0 spiro atoms. The number of carbonyl (C=O) groups excluding carboxylic acids is 1. The molecule has 0 aliphatic heterocycles. The van der Waals surface area contributed by atoms with Crippen LogP contribution >= 0.6 is 0 Å². The summed E-state index contributed by atoms with van der Waals surface area (Å²) in [5.74, 6) is -1.65. The molecule has 1 fully saturated rings. The van der Waals surface area contributed by atoms with Crippen molar-refractivity contribution < 1.29 is 23.8 Å². The molecule has 1 aromatic carbocycles. The van der Waals surface area contributed by atoms with Crippen LogP contribution in [0.3, 0.4) is 0 Å². The lowest BCUT2D eigenvalue weighted by Crippen LogP contribution is -2.28. The third-order valence-electron chi connectivity index (χ3n) is 4.17. The number of carboxylic acid groups (broad SMARTS) is 1. The Morgan fingerprint density at radius 3 is 2.30 bits per heavy atom. The molecule has 1 aliphatic carbocycles. The molecule has 2 N–H and O–H groups in total. The normalized spacial score (nSPS) is 22.3. The zero-order chi connectivity index (χ0) is 17.6. The van der Waals surface area contributed by atoms with Crippen molar-refractivity contribution in [1.29, 1.82) is 0 Å². The standard InChI is InChI=1S/C17H22FNO4/c1-15(2,3)23-14(22)19-10-6-7-12(18)11(8-10)17(13(20)21)9-16(17,4)5/h6-8H,9H2,1-5H3,(H,19,22)(H,20,21). The van der Waals surface area contributed by atoms with E-state index in [9.17, 15) is 19.1 Å². The first-order valence-electron chi connectivity index (χ1n) is 7.42. The third-order valence-corrected chi connectivity index (χ3v) is 4.17. The fourth-order valence-corrected chi connectivity index (χ4v) is 2.91. The zero-order valence-electron chi connectivity index (χ0n) is 14.0. The maximum atomic E-state index is 14.2. The van der Waals surface area contributed by atoms with E-state index in [1.54, 1.807) is 34.6 Å². The minimum Gasteiger partial charge on any atom is -0.481 e. The molecule has 0 aromatic heterocycles.